The SMILES string of the molecule is CC(C)(C)NC(=O)CN1CCN(CC=O)CCN(CC=O)CCN(CC=O)CC1.CO.CO.CO. The van der Waals surface area contributed by atoms with E-state index < -0.39 is 0 Å². The normalized spacial score (nSPS) is 16.8. The second kappa shape index (κ2) is 25.3. The number of aldehydes is 3. The summed E-state index contributed by atoms with van der Waals surface area (Å²) in [6, 6.07) is 0. The third-order valence-corrected chi connectivity index (χ3v) is 4.81. The first-order valence-corrected chi connectivity index (χ1v) is 11.6. The minimum absolute atomic E-state index is 0.0365. The van der Waals surface area contributed by atoms with E-state index in [4.69, 9.17) is 15.3 Å². The zero-order chi connectivity index (χ0) is 27.7. The van der Waals surface area contributed by atoms with Crippen molar-refractivity contribution in [3.05, 3.63) is 0 Å². The fraction of sp³-hybridized carbons (Fsp3) is 0.826. The maximum atomic E-state index is 12.4. The molecule has 0 aromatic carbocycles. The van der Waals surface area contributed by atoms with Gasteiger partial charge in [0.1, 0.15) is 18.9 Å². The van der Waals surface area contributed by atoms with Gasteiger partial charge in [-0.25, -0.2) is 0 Å². The van der Waals surface area contributed by atoms with E-state index in [1.54, 1.807) is 0 Å². The van der Waals surface area contributed by atoms with Crippen molar-refractivity contribution in [3.8, 4) is 0 Å². The number of hydrogen-bond donors (Lipinski definition) is 4. The van der Waals surface area contributed by atoms with E-state index in [1.165, 1.54) is 0 Å². The number of nitrogens with one attached hydrogen (secondary N) is 1. The van der Waals surface area contributed by atoms with Crippen LogP contribution in [0.25, 0.3) is 0 Å². The Bertz CT molecular complexity index is 507. The molecule has 12 nitrogen and oxygen atoms in total. The van der Waals surface area contributed by atoms with Gasteiger partial charge in [-0.3, -0.25) is 24.4 Å². The lowest BCUT2D eigenvalue weighted by Gasteiger charge is -2.33. The van der Waals surface area contributed by atoms with E-state index >= 15 is 0 Å². The predicted octanol–water partition coefficient (Wildman–Crippen LogP) is -2.46. The lowest BCUT2D eigenvalue weighted by molar-refractivity contribution is -0.124. The summed E-state index contributed by atoms with van der Waals surface area (Å²) in [6.07, 6.45) is 2.66. The van der Waals surface area contributed by atoms with E-state index in [1.807, 2.05) is 35.5 Å². The molecule has 1 fully saturated rings. The predicted molar refractivity (Wildman–Crippen MR) is 136 cm³/mol. The monoisotopic (exact) mass is 507 g/mol. The Hall–Kier alpha value is -1.80. The number of aliphatic hydroxyl groups excluding tert-OH is 3. The van der Waals surface area contributed by atoms with Crippen LogP contribution >= 0.6 is 0 Å². The van der Waals surface area contributed by atoms with Crippen molar-refractivity contribution in [2.24, 2.45) is 0 Å². The van der Waals surface area contributed by atoms with Crippen molar-refractivity contribution in [1.29, 1.82) is 0 Å². The number of nitrogens with zero attached hydrogens (tertiary/aromatic N) is 4. The summed E-state index contributed by atoms with van der Waals surface area (Å²) in [4.78, 5) is 53.7. The topological polar surface area (TPSA) is 154 Å². The summed E-state index contributed by atoms with van der Waals surface area (Å²) >= 11 is 0. The van der Waals surface area contributed by atoms with E-state index in [-0.39, 0.29) is 18.0 Å². The zero-order valence-corrected chi connectivity index (χ0v) is 22.5. The summed E-state index contributed by atoms with van der Waals surface area (Å²) in [6.45, 7) is 12.4. The van der Waals surface area contributed by atoms with Crippen molar-refractivity contribution in [1.82, 2.24) is 24.9 Å². The van der Waals surface area contributed by atoms with Crippen LogP contribution in [0.4, 0.5) is 0 Å². The standard InChI is InChI=1S/C20H37N5O4.3CH4O/c1-20(2,3)21-19(29)18-25-10-8-23(13-16-27)6-4-22(12-15-26)5-7-24(9-11-25)14-17-28;3*1-2/h15-17H,4-14,18H2,1-3H3,(H,21,29);3*2H,1H3. The summed E-state index contributed by atoms with van der Waals surface area (Å²) in [5.41, 5.74) is -0.293. The fourth-order valence-electron chi connectivity index (χ4n) is 3.26. The lowest BCUT2D eigenvalue weighted by atomic mass is 10.1. The summed E-state index contributed by atoms with van der Waals surface area (Å²) < 4.78 is 0. The summed E-state index contributed by atoms with van der Waals surface area (Å²) in [5.74, 6) is -0.0365. The van der Waals surface area contributed by atoms with Crippen LogP contribution in [-0.4, -0.2) is 165 Å². The van der Waals surface area contributed by atoms with Crippen molar-refractivity contribution in [3.63, 3.8) is 0 Å². The molecule has 1 saturated heterocycles. The Morgan fingerprint density at radius 2 is 0.886 bits per heavy atom. The average molecular weight is 508 g/mol. The van der Waals surface area contributed by atoms with E-state index in [9.17, 15) is 19.2 Å². The molecule has 1 aliphatic heterocycles. The molecule has 12 heteroatoms. The highest BCUT2D eigenvalue weighted by Gasteiger charge is 2.20. The summed E-state index contributed by atoms with van der Waals surface area (Å²) in [7, 11) is 3.00. The van der Waals surface area contributed by atoms with Crippen LogP contribution in [-0.2, 0) is 19.2 Å². The Morgan fingerprint density at radius 3 is 1.11 bits per heavy atom. The molecule has 1 rings (SSSR count). The summed E-state index contributed by atoms with van der Waals surface area (Å²) in [5, 5.41) is 24.0. The molecule has 0 spiro atoms. The van der Waals surface area contributed by atoms with E-state index in [2.05, 4.69) is 10.2 Å². The largest absolute Gasteiger partial charge is 0.400 e. The van der Waals surface area contributed by atoms with E-state index in [0.29, 0.717) is 72.0 Å². The van der Waals surface area contributed by atoms with Gasteiger partial charge in [0.05, 0.1) is 26.2 Å². The van der Waals surface area contributed by atoms with Gasteiger partial charge in [0.2, 0.25) is 5.91 Å². The second-order valence-electron chi connectivity index (χ2n) is 8.48. The van der Waals surface area contributed by atoms with Gasteiger partial charge in [0.15, 0.2) is 0 Å². The molecule has 0 unspecified atom stereocenters. The maximum Gasteiger partial charge on any atom is 0.234 e. The Balaban J connectivity index is -0.00000158. The molecule has 1 aliphatic rings. The average Bonchev–Trinajstić information content (AvgIpc) is 2.83. The quantitative estimate of drug-likeness (QED) is 0.259. The first kappa shape index (κ1) is 37.7. The van der Waals surface area contributed by atoms with Gasteiger partial charge in [-0.05, 0) is 20.8 Å². The van der Waals surface area contributed by atoms with Gasteiger partial charge in [0, 0.05) is 79.2 Å². The highest BCUT2D eigenvalue weighted by Crippen LogP contribution is 2.02. The molecule has 4 N–H and O–H groups in total. The number of hydrogen-bond acceptors (Lipinski definition) is 11. The van der Waals surface area contributed by atoms with Gasteiger partial charge >= 0.3 is 0 Å². The minimum Gasteiger partial charge on any atom is -0.400 e. The number of aliphatic hydroxyl groups is 3. The number of carbonyl (C=O) groups is 4. The molecule has 0 aromatic rings. The lowest BCUT2D eigenvalue weighted by Crippen LogP contribution is -2.50. The third kappa shape index (κ3) is 22.4. The molecular weight excluding hydrogens is 458 g/mol. The first-order valence-electron chi connectivity index (χ1n) is 11.6. The molecule has 0 atom stereocenters. The number of carbonyl (C=O) groups excluding carboxylic acids is 4. The third-order valence-electron chi connectivity index (χ3n) is 4.81. The van der Waals surface area contributed by atoms with Crippen molar-refractivity contribution in [2.45, 2.75) is 26.3 Å². The molecule has 0 radical (unpaired) electrons. The minimum atomic E-state index is -0.293. The van der Waals surface area contributed by atoms with E-state index in [0.717, 1.165) is 40.2 Å². The van der Waals surface area contributed by atoms with Crippen LogP contribution in [0.5, 0.6) is 0 Å². The molecular formula is C23H49N5O7. The smallest absolute Gasteiger partial charge is 0.234 e. The highest BCUT2D eigenvalue weighted by atomic mass is 16.2. The van der Waals surface area contributed by atoms with Crippen LogP contribution in [0.15, 0.2) is 0 Å². The van der Waals surface area contributed by atoms with Gasteiger partial charge in [0.25, 0.3) is 0 Å². The van der Waals surface area contributed by atoms with Gasteiger partial charge in [-0.2, -0.15) is 0 Å². The maximum absolute atomic E-state index is 12.4. The first-order chi connectivity index (χ1) is 16.8. The molecule has 1 heterocycles. The van der Waals surface area contributed by atoms with Crippen molar-refractivity contribution >= 4 is 24.8 Å². The fourth-order valence-corrected chi connectivity index (χ4v) is 3.26. The van der Waals surface area contributed by atoms with Crippen molar-refractivity contribution in [2.75, 3.05) is 99.9 Å². The molecule has 35 heavy (non-hydrogen) atoms. The molecule has 1 amide bonds. The Kier molecular flexibility index (Phi) is 27.3. The highest BCUT2D eigenvalue weighted by molar-refractivity contribution is 5.78. The number of amides is 1. The zero-order valence-electron chi connectivity index (χ0n) is 22.5. The van der Waals surface area contributed by atoms with Crippen LogP contribution in [0.2, 0.25) is 0 Å². The molecule has 0 bridgehead atoms. The Labute approximate surface area is 210 Å². The molecule has 0 saturated carbocycles. The number of rotatable bonds is 8. The molecule has 208 valence electrons. The van der Waals surface area contributed by atoms with Crippen LogP contribution < -0.4 is 5.32 Å². The molecule has 0 aromatic heterocycles. The van der Waals surface area contributed by atoms with Crippen LogP contribution in [0.3, 0.4) is 0 Å². The second-order valence-corrected chi connectivity index (χ2v) is 8.48. The Morgan fingerprint density at radius 1 is 0.629 bits per heavy atom. The van der Waals surface area contributed by atoms with Crippen LogP contribution in [0.1, 0.15) is 20.8 Å². The van der Waals surface area contributed by atoms with Gasteiger partial charge in [-0.15, -0.1) is 0 Å². The molecule has 0 aliphatic carbocycles. The van der Waals surface area contributed by atoms with Crippen LogP contribution in [0, 0.1) is 0 Å². The van der Waals surface area contributed by atoms with Gasteiger partial charge < -0.3 is 35.0 Å². The van der Waals surface area contributed by atoms with Crippen molar-refractivity contribution < 1.29 is 34.5 Å². The van der Waals surface area contributed by atoms with Gasteiger partial charge in [-0.1, -0.05) is 0 Å².